The highest BCUT2D eigenvalue weighted by Crippen LogP contribution is 2.16. The van der Waals surface area contributed by atoms with Crippen LogP contribution in [0, 0.1) is 5.92 Å². The van der Waals surface area contributed by atoms with Gasteiger partial charge in [-0.05, 0) is 43.8 Å². The first-order chi connectivity index (χ1) is 9.15. The fraction of sp³-hybridized carbons (Fsp3) is 0.625. The number of benzene rings is 1. The van der Waals surface area contributed by atoms with Crippen molar-refractivity contribution in [2.75, 3.05) is 19.6 Å². The van der Waals surface area contributed by atoms with Crippen LogP contribution in [-0.2, 0) is 6.42 Å². The molecule has 19 heavy (non-hydrogen) atoms. The Bertz CT molecular complexity index is 360. The lowest BCUT2D eigenvalue weighted by Crippen LogP contribution is -2.46. The first kappa shape index (κ1) is 14.5. The van der Waals surface area contributed by atoms with Crippen LogP contribution >= 0.6 is 0 Å². The first-order valence-corrected chi connectivity index (χ1v) is 7.35. The lowest BCUT2D eigenvalue weighted by molar-refractivity contribution is 0.0743. The van der Waals surface area contributed by atoms with Gasteiger partial charge in [0.05, 0.1) is 6.10 Å². The van der Waals surface area contributed by atoms with E-state index in [0.717, 1.165) is 25.4 Å². The average molecular weight is 262 g/mol. The van der Waals surface area contributed by atoms with Gasteiger partial charge >= 0.3 is 0 Å². The van der Waals surface area contributed by atoms with E-state index in [9.17, 15) is 5.11 Å². The Morgan fingerprint density at radius 3 is 2.53 bits per heavy atom. The highest BCUT2D eigenvalue weighted by molar-refractivity contribution is 5.16. The minimum atomic E-state index is -0.436. The molecule has 0 aliphatic carbocycles. The molecular formula is C16H26N2O. The minimum absolute atomic E-state index is 0.179. The summed E-state index contributed by atoms with van der Waals surface area (Å²) in [5.41, 5.74) is 7.31. The Kier molecular flexibility index (Phi) is 5.37. The summed E-state index contributed by atoms with van der Waals surface area (Å²) in [6.07, 6.45) is 2.78. The van der Waals surface area contributed by atoms with Crippen molar-refractivity contribution in [3.8, 4) is 0 Å². The Hall–Kier alpha value is -0.900. The highest BCUT2D eigenvalue weighted by Gasteiger charge is 2.21. The third-order valence-electron chi connectivity index (χ3n) is 4.13. The summed E-state index contributed by atoms with van der Waals surface area (Å²) in [6, 6.07) is 9.98. The van der Waals surface area contributed by atoms with E-state index in [2.05, 4.69) is 24.0 Å². The number of hydrogen-bond acceptors (Lipinski definition) is 3. The maximum absolute atomic E-state index is 10.2. The van der Waals surface area contributed by atoms with E-state index in [1.807, 2.05) is 18.2 Å². The Balaban J connectivity index is 1.77. The number of likely N-dealkylation sites (tertiary alicyclic amines) is 1. The third-order valence-corrected chi connectivity index (χ3v) is 4.13. The molecule has 3 nitrogen and oxygen atoms in total. The van der Waals surface area contributed by atoms with E-state index in [4.69, 9.17) is 5.73 Å². The van der Waals surface area contributed by atoms with Crippen molar-refractivity contribution in [1.82, 2.24) is 4.90 Å². The summed E-state index contributed by atoms with van der Waals surface area (Å²) >= 11 is 0. The summed E-state index contributed by atoms with van der Waals surface area (Å²) in [5.74, 6) is 0.825. The SMILES string of the molecule is CC1CCN(CC(O)C(N)Cc2ccccc2)CC1. The molecule has 2 unspecified atom stereocenters. The van der Waals surface area contributed by atoms with Crippen LogP contribution in [0.5, 0.6) is 0 Å². The van der Waals surface area contributed by atoms with E-state index < -0.39 is 6.10 Å². The smallest absolute Gasteiger partial charge is 0.0820 e. The number of aliphatic hydroxyl groups is 1. The number of rotatable bonds is 5. The highest BCUT2D eigenvalue weighted by atomic mass is 16.3. The molecule has 1 aliphatic heterocycles. The maximum atomic E-state index is 10.2. The molecule has 1 saturated heterocycles. The quantitative estimate of drug-likeness (QED) is 0.848. The number of nitrogens with two attached hydrogens (primary N) is 1. The molecule has 1 heterocycles. The largest absolute Gasteiger partial charge is 0.390 e. The fourth-order valence-corrected chi connectivity index (χ4v) is 2.67. The molecular weight excluding hydrogens is 236 g/mol. The summed E-state index contributed by atoms with van der Waals surface area (Å²) in [7, 11) is 0. The Morgan fingerprint density at radius 2 is 1.89 bits per heavy atom. The standard InChI is InChI=1S/C16H26N2O/c1-13-7-9-18(10-8-13)12-16(19)15(17)11-14-5-3-2-4-6-14/h2-6,13,15-16,19H,7-12,17H2,1H3. The van der Waals surface area contributed by atoms with Crippen molar-refractivity contribution in [2.24, 2.45) is 11.7 Å². The van der Waals surface area contributed by atoms with Crippen LogP contribution in [-0.4, -0.2) is 41.8 Å². The zero-order chi connectivity index (χ0) is 13.7. The molecule has 1 aromatic rings. The van der Waals surface area contributed by atoms with Crippen LogP contribution in [0.2, 0.25) is 0 Å². The van der Waals surface area contributed by atoms with Gasteiger partial charge in [0.2, 0.25) is 0 Å². The van der Waals surface area contributed by atoms with Gasteiger partial charge in [0, 0.05) is 12.6 Å². The van der Waals surface area contributed by atoms with E-state index in [1.165, 1.54) is 18.4 Å². The molecule has 0 aromatic heterocycles. The zero-order valence-corrected chi connectivity index (χ0v) is 11.8. The van der Waals surface area contributed by atoms with Crippen LogP contribution in [0.25, 0.3) is 0 Å². The minimum Gasteiger partial charge on any atom is -0.390 e. The van der Waals surface area contributed by atoms with Crippen LogP contribution in [0.1, 0.15) is 25.3 Å². The summed E-state index contributed by atoms with van der Waals surface area (Å²) in [5, 5.41) is 10.2. The number of aliphatic hydroxyl groups excluding tert-OH is 1. The molecule has 0 saturated carbocycles. The van der Waals surface area contributed by atoms with Crippen LogP contribution in [0.15, 0.2) is 30.3 Å². The van der Waals surface area contributed by atoms with Crippen LogP contribution in [0.3, 0.4) is 0 Å². The molecule has 3 heteroatoms. The molecule has 2 atom stereocenters. The van der Waals surface area contributed by atoms with Crippen molar-refractivity contribution >= 4 is 0 Å². The number of β-amino-alcohol motifs (C(OH)–C–C–N with tert-alkyl or cyclic N) is 1. The first-order valence-electron chi connectivity index (χ1n) is 7.35. The van der Waals surface area contributed by atoms with E-state index >= 15 is 0 Å². The number of hydrogen-bond donors (Lipinski definition) is 2. The molecule has 0 spiro atoms. The second kappa shape index (κ2) is 7.04. The van der Waals surface area contributed by atoms with Gasteiger partial charge in [0.15, 0.2) is 0 Å². The Labute approximate surface area is 116 Å². The topological polar surface area (TPSA) is 49.5 Å². The van der Waals surface area contributed by atoms with Crippen molar-refractivity contribution < 1.29 is 5.11 Å². The molecule has 0 bridgehead atoms. The van der Waals surface area contributed by atoms with Gasteiger partial charge < -0.3 is 15.7 Å². The average Bonchev–Trinajstić information content (AvgIpc) is 2.42. The summed E-state index contributed by atoms with van der Waals surface area (Å²) < 4.78 is 0. The summed E-state index contributed by atoms with van der Waals surface area (Å²) in [4.78, 5) is 2.34. The zero-order valence-electron chi connectivity index (χ0n) is 11.8. The van der Waals surface area contributed by atoms with Crippen molar-refractivity contribution in [3.05, 3.63) is 35.9 Å². The molecule has 1 fully saturated rings. The number of nitrogens with zero attached hydrogens (tertiary/aromatic N) is 1. The van der Waals surface area contributed by atoms with Gasteiger partial charge in [-0.25, -0.2) is 0 Å². The fourth-order valence-electron chi connectivity index (χ4n) is 2.67. The van der Waals surface area contributed by atoms with Gasteiger partial charge in [-0.3, -0.25) is 0 Å². The van der Waals surface area contributed by atoms with Gasteiger partial charge in [0.1, 0.15) is 0 Å². The van der Waals surface area contributed by atoms with Gasteiger partial charge in [0.25, 0.3) is 0 Å². The van der Waals surface area contributed by atoms with Crippen molar-refractivity contribution in [3.63, 3.8) is 0 Å². The normalized spacial score (nSPS) is 21.2. The van der Waals surface area contributed by atoms with E-state index in [0.29, 0.717) is 6.54 Å². The lowest BCUT2D eigenvalue weighted by Gasteiger charge is -2.33. The molecule has 0 amide bonds. The maximum Gasteiger partial charge on any atom is 0.0820 e. The van der Waals surface area contributed by atoms with Crippen molar-refractivity contribution in [2.45, 2.75) is 38.3 Å². The monoisotopic (exact) mass is 262 g/mol. The predicted molar refractivity (Wildman–Crippen MR) is 79.0 cm³/mol. The van der Waals surface area contributed by atoms with E-state index in [-0.39, 0.29) is 6.04 Å². The third kappa shape index (κ3) is 4.60. The number of piperidine rings is 1. The van der Waals surface area contributed by atoms with Gasteiger partial charge in [-0.15, -0.1) is 0 Å². The molecule has 0 radical (unpaired) electrons. The van der Waals surface area contributed by atoms with Gasteiger partial charge in [-0.1, -0.05) is 37.3 Å². The molecule has 2 rings (SSSR count). The van der Waals surface area contributed by atoms with Crippen LogP contribution < -0.4 is 5.73 Å². The van der Waals surface area contributed by atoms with Gasteiger partial charge in [-0.2, -0.15) is 0 Å². The van der Waals surface area contributed by atoms with Crippen molar-refractivity contribution in [1.29, 1.82) is 0 Å². The van der Waals surface area contributed by atoms with E-state index in [1.54, 1.807) is 0 Å². The predicted octanol–water partition coefficient (Wildman–Crippen LogP) is 1.65. The second-order valence-electron chi connectivity index (χ2n) is 5.90. The summed E-state index contributed by atoms with van der Waals surface area (Å²) in [6.45, 7) is 5.20. The molecule has 1 aromatic carbocycles. The molecule has 106 valence electrons. The Morgan fingerprint density at radius 1 is 1.26 bits per heavy atom. The van der Waals surface area contributed by atoms with Crippen LogP contribution in [0.4, 0.5) is 0 Å². The lowest BCUT2D eigenvalue weighted by atomic mass is 9.97. The molecule has 1 aliphatic rings. The molecule has 3 N–H and O–H groups in total. The second-order valence-corrected chi connectivity index (χ2v) is 5.90.